The predicted octanol–water partition coefficient (Wildman–Crippen LogP) is 1.97. The molecule has 0 amide bonds. The van der Waals surface area contributed by atoms with E-state index in [-0.39, 0.29) is 24.7 Å². The van der Waals surface area contributed by atoms with E-state index in [0.29, 0.717) is 0 Å². The van der Waals surface area contributed by atoms with E-state index in [4.69, 9.17) is 18.7 Å². The Labute approximate surface area is 228 Å². The van der Waals surface area contributed by atoms with Crippen LogP contribution in [-0.2, 0) is 20.9 Å². The highest BCUT2D eigenvalue weighted by Gasteiger charge is 2.55. The van der Waals surface area contributed by atoms with Crippen LogP contribution in [0.1, 0.15) is 25.6 Å². The number of nitrogens with one attached hydrogen (secondary N) is 1. The van der Waals surface area contributed by atoms with Crippen LogP contribution in [0, 0.1) is 0 Å². The van der Waals surface area contributed by atoms with Gasteiger partial charge in [-0.05, 0) is 31.5 Å². The number of esters is 1. The second kappa shape index (κ2) is 12.5. The first-order valence-electron chi connectivity index (χ1n) is 12.2. The molecule has 40 heavy (non-hydrogen) atoms. The number of hydrogen-bond acceptors (Lipinski definition) is 10. The number of carbonyl (C=O) groups is 1. The van der Waals surface area contributed by atoms with Gasteiger partial charge in [-0.25, -0.2) is 14.0 Å². The van der Waals surface area contributed by atoms with Crippen molar-refractivity contribution in [2.24, 2.45) is 4.74 Å². The predicted molar refractivity (Wildman–Crippen MR) is 138 cm³/mol. The third kappa shape index (κ3) is 6.80. The molecule has 1 saturated heterocycles. The maximum Gasteiger partial charge on any atom is 0.395 e. The van der Waals surface area contributed by atoms with Crippen molar-refractivity contribution in [2.45, 2.75) is 50.6 Å². The van der Waals surface area contributed by atoms with Gasteiger partial charge in [-0.1, -0.05) is 47.2 Å². The Morgan fingerprint density at radius 1 is 1.20 bits per heavy atom. The molecule has 14 heteroatoms. The van der Waals surface area contributed by atoms with Crippen LogP contribution in [-0.4, -0.2) is 51.2 Å². The van der Waals surface area contributed by atoms with Crippen molar-refractivity contribution < 1.29 is 37.9 Å². The normalized spacial score (nSPS) is 23.4. The molecule has 0 aliphatic carbocycles. The van der Waals surface area contributed by atoms with Gasteiger partial charge in [0.15, 0.2) is 23.7 Å². The Kier molecular flexibility index (Phi) is 9.10. The number of aliphatic hydroxyl groups excluding tert-OH is 1. The molecule has 1 fully saturated rings. The van der Waals surface area contributed by atoms with Gasteiger partial charge in [0.2, 0.25) is 5.75 Å². The van der Waals surface area contributed by atoms with E-state index >= 15 is 4.39 Å². The third-order valence-corrected chi connectivity index (χ3v) is 6.97. The summed E-state index contributed by atoms with van der Waals surface area (Å²) in [6, 6.07) is 15.1. The molecule has 1 aliphatic rings. The molecule has 1 aromatic heterocycles. The van der Waals surface area contributed by atoms with Crippen LogP contribution < -0.4 is 25.4 Å². The topological polar surface area (TPSA) is 164 Å². The Morgan fingerprint density at radius 2 is 1.88 bits per heavy atom. The van der Waals surface area contributed by atoms with Crippen molar-refractivity contribution in [3.63, 3.8) is 0 Å². The zero-order valence-electron chi connectivity index (χ0n) is 21.5. The Hall–Kier alpha value is -3.90. The monoisotopic (exact) mass is 575 g/mol. The maximum atomic E-state index is 15.4. The summed E-state index contributed by atoms with van der Waals surface area (Å²) in [4.78, 5) is 50.3. The molecule has 2 aromatic carbocycles. The smallest absolute Gasteiger partial charge is 0.395 e. The number of aromatic nitrogens is 2. The zero-order chi connectivity index (χ0) is 28.9. The van der Waals surface area contributed by atoms with Crippen LogP contribution in [0.15, 0.2) is 81.2 Å². The number of rotatable bonds is 10. The highest BCUT2D eigenvalue weighted by molar-refractivity contribution is 7.34. The van der Waals surface area contributed by atoms with Crippen molar-refractivity contribution in [2.75, 3.05) is 6.61 Å². The van der Waals surface area contributed by atoms with Gasteiger partial charge >= 0.3 is 19.8 Å². The summed E-state index contributed by atoms with van der Waals surface area (Å²) in [6.07, 6.45) is -3.38. The lowest BCUT2D eigenvalue weighted by atomic mass is 9.98. The number of ether oxygens (including phenoxy) is 3. The van der Waals surface area contributed by atoms with Crippen molar-refractivity contribution >= 4 is 14.1 Å². The molecule has 3 aromatic rings. The minimum Gasteiger partial charge on any atom is -0.575 e. The van der Waals surface area contributed by atoms with Crippen molar-refractivity contribution in [1.82, 2.24) is 9.55 Å². The number of nitrogens with zero attached hydrogens (tertiary/aromatic N) is 2. The number of para-hydroxylation sites is 2. The van der Waals surface area contributed by atoms with Crippen LogP contribution in [0.4, 0.5) is 4.39 Å². The number of alkyl halides is 1. The molecular formula is C26H27FN3O9P. The van der Waals surface area contributed by atoms with E-state index in [9.17, 15) is 24.4 Å². The molecule has 2 heterocycles. The van der Waals surface area contributed by atoms with E-state index in [1.54, 1.807) is 24.3 Å². The lowest BCUT2D eigenvalue weighted by molar-refractivity contribution is -0.169. The number of aromatic amines is 1. The summed E-state index contributed by atoms with van der Waals surface area (Å²) < 4.78 is 41.9. The Balaban J connectivity index is 1.38. The molecule has 0 bridgehead atoms. The molecule has 2 N–H and O–H groups in total. The zero-order valence-corrected chi connectivity index (χ0v) is 22.4. The molecule has 2 unspecified atom stereocenters. The highest BCUT2D eigenvalue weighted by atomic mass is 31.1. The molecule has 12 nitrogen and oxygen atoms in total. The standard InChI is InChI=1S/C26H27FN3O9P/c1-16(23(33)37-14-17-8-4-3-5-9-17)29-40(35)39-19-11-7-6-10-18(19)36-15-20-22(32)26(2,27)24(38-20)30-13-12-21(31)28-25(30)34/h3-13,16,20,22,24,32H,14-15H2,1-2H3,(H,28,31,34)/t16-,20+,22+,24?,26+/m0/s1. The fraction of sp³-hybridized carbons (Fsp3) is 0.346. The fourth-order valence-corrected chi connectivity index (χ4v) is 4.67. The van der Waals surface area contributed by atoms with Crippen molar-refractivity contribution in [3.8, 4) is 11.5 Å². The molecule has 4 rings (SSSR count). The summed E-state index contributed by atoms with van der Waals surface area (Å²) in [5.74, 6) is -0.583. The van der Waals surface area contributed by atoms with E-state index in [1.165, 1.54) is 19.1 Å². The molecule has 0 radical (unpaired) electrons. The van der Waals surface area contributed by atoms with Gasteiger partial charge in [0.05, 0.1) is 0 Å². The lowest BCUT2D eigenvalue weighted by Gasteiger charge is -2.24. The number of carbonyl (C=O) groups excluding carboxylic acids is 1. The summed E-state index contributed by atoms with van der Waals surface area (Å²) >= 11 is 0. The molecular weight excluding hydrogens is 548 g/mol. The van der Waals surface area contributed by atoms with Gasteiger partial charge in [0.25, 0.3) is 5.56 Å². The van der Waals surface area contributed by atoms with Gasteiger partial charge in [-0.3, -0.25) is 18.9 Å². The second-order valence-corrected chi connectivity index (χ2v) is 10.0. The first kappa shape index (κ1) is 29.1. The number of benzene rings is 2. The van der Waals surface area contributed by atoms with Crippen LogP contribution >= 0.6 is 8.17 Å². The van der Waals surface area contributed by atoms with Crippen molar-refractivity contribution in [1.29, 1.82) is 0 Å². The SMILES string of the molecule is C[C@H](/N=[P+](\[O-])Oc1ccccc1OC[C@H]1OC(n2ccc(=O)[nH]c2=O)[C@](C)(F)[C@@H]1O)C(=O)OCc1ccccc1. The quantitative estimate of drug-likeness (QED) is 0.272. The average molecular weight is 575 g/mol. The first-order valence-corrected chi connectivity index (χ1v) is 13.3. The number of H-pyrrole nitrogens is 1. The molecule has 0 saturated carbocycles. The highest BCUT2D eigenvalue weighted by Crippen LogP contribution is 2.41. The number of halogens is 1. The maximum absolute atomic E-state index is 15.4. The van der Waals surface area contributed by atoms with E-state index in [1.807, 2.05) is 23.2 Å². The van der Waals surface area contributed by atoms with Gasteiger partial charge in [-0.2, -0.15) is 0 Å². The van der Waals surface area contributed by atoms with Gasteiger partial charge < -0.3 is 24.2 Å². The molecule has 0 spiro atoms. The second-order valence-electron chi connectivity index (χ2n) is 9.11. The minimum absolute atomic E-state index is 0.0149. The number of hydrogen-bond donors (Lipinski definition) is 2. The fourth-order valence-electron chi connectivity index (χ4n) is 3.92. The van der Waals surface area contributed by atoms with E-state index < -0.39 is 55.5 Å². The number of aliphatic hydroxyl groups is 1. The Bertz CT molecular complexity index is 1480. The first-order chi connectivity index (χ1) is 19.1. The summed E-state index contributed by atoms with van der Waals surface area (Å²) in [7, 11) is -2.71. The summed E-state index contributed by atoms with van der Waals surface area (Å²) in [5, 5.41) is 10.6. The van der Waals surface area contributed by atoms with Gasteiger partial charge in [-0.15, -0.1) is 0 Å². The van der Waals surface area contributed by atoms with Gasteiger partial charge in [0.1, 0.15) is 25.4 Å². The van der Waals surface area contributed by atoms with Crippen LogP contribution in [0.2, 0.25) is 0 Å². The van der Waals surface area contributed by atoms with Crippen LogP contribution in [0.25, 0.3) is 0 Å². The van der Waals surface area contributed by atoms with Gasteiger partial charge in [0, 0.05) is 12.3 Å². The van der Waals surface area contributed by atoms with E-state index in [2.05, 4.69) is 4.74 Å². The third-order valence-electron chi connectivity index (χ3n) is 6.08. The molecule has 1 aliphatic heterocycles. The summed E-state index contributed by atoms with van der Waals surface area (Å²) in [6.45, 7) is 2.16. The van der Waals surface area contributed by atoms with Crippen LogP contribution in [0.3, 0.4) is 0 Å². The molecule has 212 valence electrons. The Morgan fingerprint density at radius 3 is 2.58 bits per heavy atom. The lowest BCUT2D eigenvalue weighted by Crippen LogP contribution is -2.43. The van der Waals surface area contributed by atoms with Crippen LogP contribution in [0.5, 0.6) is 11.5 Å². The summed E-state index contributed by atoms with van der Waals surface area (Å²) in [5.41, 5.74) is -3.18. The van der Waals surface area contributed by atoms with E-state index in [0.717, 1.165) is 29.3 Å². The average Bonchev–Trinajstić information content (AvgIpc) is 3.15. The van der Waals surface area contributed by atoms with Crippen molar-refractivity contribution in [3.05, 3.63) is 93.3 Å². The minimum atomic E-state index is -2.71. The largest absolute Gasteiger partial charge is 0.575 e. The molecule has 6 atom stereocenters.